The van der Waals surface area contributed by atoms with E-state index in [-0.39, 0.29) is 28.4 Å². The van der Waals surface area contributed by atoms with Crippen molar-refractivity contribution in [1.82, 2.24) is 0 Å². The minimum Gasteiger partial charge on any atom is -0.330 e. The molecule has 3 heterocycles. The third-order valence-corrected chi connectivity index (χ3v) is 19.9. The van der Waals surface area contributed by atoms with Crippen LogP contribution < -0.4 is 31.1 Å². The number of aryl methyl sites for hydroxylation is 1. The smallest absolute Gasteiger partial charge is 0.252 e. The van der Waals surface area contributed by atoms with Crippen LogP contribution in [-0.2, 0) is 39.0 Å². The fraction of sp³-hybridized carbons (Fsp3) is 0.259. The summed E-state index contributed by atoms with van der Waals surface area (Å²) in [5.41, 5.74) is 27.8. The van der Waals surface area contributed by atoms with Crippen LogP contribution in [0.15, 0.2) is 224 Å². The van der Waals surface area contributed by atoms with Crippen LogP contribution in [0.25, 0.3) is 22.3 Å². The maximum absolute atomic E-state index is 2.82. The average Bonchev–Trinajstić information content (AvgIpc) is 1.61. The second kappa shape index (κ2) is 19.3. The molecule has 2 atom stereocenters. The molecule has 0 N–H and O–H groups in total. The Labute approximate surface area is 507 Å². The van der Waals surface area contributed by atoms with Crippen molar-refractivity contribution >= 4 is 68.6 Å². The fourth-order valence-corrected chi connectivity index (χ4v) is 15.3. The van der Waals surface area contributed by atoms with Crippen LogP contribution in [0.5, 0.6) is 0 Å². The second-order valence-electron chi connectivity index (χ2n) is 29.1. The highest BCUT2D eigenvalue weighted by Crippen LogP contribution is 2.67. The Bertz CT molecular complexity index is 4260. The first-order chi connectivity index (χ1) is 40.6. The first-order valence-electron chi connectivity index (χ1n) is 31.1. The summed E-state index contributed by atoms with van der Waals surface area (Å²) < 4.78 is 0. The van der Waals surface area contributed by atoms with Gasteiger partial charge in [-0.15, -0.1) is 0 Å². The van der Waals surface area contributed by atoms with E-state index >= 15 is 0 Å². The van der Waals surface area contributed by atoms with E-state index in [0.29, 0.717) is 0 Å². The molecule has 0 radical (unpaired) electrons. The van der Waals surface area contributed by atoms with Crippen LogP contribution in [0, 0.1) is 0 Å². The van der Waals surface area contributed by atoms with Gasteiger partial charge in [-0.05, 0) is 168 Å². The molecule has 422 valence electrons. The largest absolute Gasteiger partial charge is 0.330 e. The van der Waals surface area contributed by atoms with Gasteiger partial charge in [0.05, 0.1) is 22.3 Å². The first-order valence-corrected chi connectivity index (χ1v) is 31.1. The number of hydrogen-bond acceptors (Lipinski definition) is 3. The minimum absolute atomic E-state index is 0.0694. The van der Waals surface area contributed by atoms with Gasteiger partial charge in [0.15, 0.2) is 0 Å². The minimum atomic E-state index is -0.580. The van der Waals surface area contributed by atoms with Gasteiger partial charge in [0.2, 0.25) is 0 Å². The molecule has 10 aromatic rings. The van der Waals surface area contributed by atoms with Crippen molar-refractivity contribution < 1.29 is 0 Å². The molecular weight excluding hydrogens is 1030 g/mol. The van der Waals surface area contributed by atoms with Crippen molar-refractivity contribution in [3.63, 3.8) is 0 Å². The number of benzene rings is 10. The Kier molecular flexibility index (Phi) is 12.4. The molecule has 85 heavy (non-hydrogen) atoms. The van der Waals surface area contributed by atoms with Gasteiger partial charge in [-0.2, -0.15) is 0 Å². The van der Waals surface area contributed by atoms with Gasteiger partial charge in [-0.25, -0.2) is 0 Å². The molecule has 0 bridgehead atoms. The molecule has 0 aromatic heterocycles. The third-order valence-electron chi connectivity index (χ3n) is 19.9. The highest BCUT2D eigenvalue weighted by molar-refractivity contribution is 7.00. The summed E-state index contributed by atoms with van der Waals surface area (Å²) >= 11 is 0. The quantitative estimate of drug-likeness (QED) is 0.154. The van der Waals surface area contributed by atoms with E-state index < -0.39 is 11.0 Å². The number of fused-ring (bicyclic) bond motifs is 9. The van der Waals surface area contributed by atoms with E-state index in [2.05, 4.69) is 329 Å². The third kappa shape index (κ3) is 8.43. The standard InChI is InChI=1S/C81H80BN3/c1-76(2,3)57-38-42-68(62(47-57)53-27-17-14-18-28-53)83-71-36-26-25-35-66(71)82-67-41-37-60(79(10,11)12)50-72(67)84(69-43-39-58(77(4,5)6)48-63(69)54-29-19-15-20-30-54)74-52-61(51-73(83)75(74)82)85-70-44-40-59(78(7,8)9)49-65(70)81(56-32-21-16-22-33-56)46-45-55-31-23-24-34-64(55)80(81,85)13/h14-44,47-52H,45-46H2,1-13H3. The van der Waals surface area contributed by atoms with Crippen LogP contribution in [0.1, 0.15) is 141 Å². The molecule has 0 saturated heterocycles. The number of hydrogen-bond donors (Lipinski definition) is 0. The van der Waals surface area contributed by atoms with E-state index in [0.717, 1.165) is 18.5 Å². The molecule has 3 nitrogen and oxygen atoms in total. The number of rotatable bonds is 6. The van der Waals surface area contributed by atoms with Crippen LogP contribution >= 0.6 is 0 Å². The molecule has 0 fully saturated rings. The van der Waals surface area contributed by atoms with E-state index in [1.807, 2.05) is 0 Å². The van der Waals surface area contributed by atoms with Crippen molar-refractivity contribution in [3.05, 3.63) is 269 Å². The van der Waals surface area contributed by atoms with Crippen molar-refractivity contribution in [2.45, 2.75) is 135 Å². The predicted octanol–water partition coefficient (Wildman–Crippen LogP) is 19.6. The highest BCUT2D eigenvalue weighted by atomic mass is 15.3. The lowest BCUT2D eigenvalue weighted by atomic mass is 9.33. The first kappa shape index (κ1) is 54.6. The number of nitrogens with zero attached hydrogens (tertiary/aromatic N) is 3. The summed E-state index contributed by atoms with van der Waals surface area (Å²) in [4.78, 5) is 8.19. The SMILES string of the molecule is CC(C)(C)c1ccc(N2c3ccccc3B3c4ccc(C(C)(C)C)cc4N(c4ccc(C(C)(C)C)cc4-c4ccccc4)c4cc(N5c6ccc(C(C)(C)C)cc6C6(c7ccccc7)CCc7ccccc7C56C)cc2c43)c(-c2ccccc2)c1. The van der Waals surface area contributed by atoms with Crippen molar-refractivity contribution in [2.75, 3.05) is 14.7 Å². The van der Waals surface area contributed by atoms with E-state index in [1.165, 1.54) is 123 Å². The molecule has 14 rings (SSSR count). The Balaban J connectivity index is 1.17. The zero-order valence-corrected chi connectivity index (χ0v) is 52.2. The molecule has 1 aliphatic carbocycles. The number of anilines is 8. The van der Waals surface area contributed by atoms with Crippen LogP contribution in [0.3, 0.4) is 0 Å². The lowest BCUT2D eigenvalue weighted by Gasteiger charge is -2.53. The van der Waals surface area contributed by atoms with E-state index in [1.54, 1.807) is 0 Å². The summed E-state index contributed by atoms with van der Waals surface area (Å²) in [6.07, 6.45) is 1.95. The summed E-state index contributed by atoms with van der Waals surface area (Å²) in [6, 6.07) is 87.5. The molecule has 0 spiro atoms. The molecule has 2 unspecified atom stereocenters. The van der Waals surface area contributed by atoms with Gasteiger partial charge < -0.3 is 14.7 Å². The summed E-state index contributed by atoms with van der Waals surface area (Å²) in [7, 11) is 0. The maximum atomic E-state index is 2.82. The lowest BCUT2D eigenvalue weighted by molar-refractivity contribution is 0.270. The normalized spacial score (nSPS) is 17.8. The Morgan fingerprint density at radius 2 is 0.812 bits per heavy atom. The van der Waals surface area contributed by atoms with Crippen LogP contribution in [-0.4, -0.2) is 6.71 Å². The molecule has 4 aliphatic rings. The van der Waals surface area contributed by atoms with Crippen molar-refractivity contribution in [3.8, 4) is 22.3 Å². The zero-order chi connectivity index (χ0) is 59.2. The topological polar surface area (TPSA) is 9.72 Å². The number of para-hydroxylation sites is 1. The molecule has 0 saturated carbocycles. The second-order valence-corrected chi connectivity index (χ2v) is 29.1. The average molecular weight is 1110 g/mol. The van der Waals surface area contributed by atoms with Crippen LogP contribution in [0.2, 0.25) is 0 Å². The van der Waals surface area contributed by atoms with E-state index in [4.69, 9.17) is 0 Å². The van der Waals surface area contributed by atoms with Gasteiger partial charge in [0, 0.05) is 45.3 Å². The Morgan fingerprint density at radius 1 is 0.365 bits per heavy atom. The van der Waals surface area contributed by atoms with E-state index in [9.17, 15) is 0 Å². The lowest BCUT2D eigenvalue weighted by Crippen LogP contribution is -2.61. The Hall–Kier alpha value is -8.34. The Morgan fingerprint density at radius 3 is 1.38 bits per heavy atom. The van der Waals surface area contributed by atoms with Crippen molar-refractivity contribution in [1.29, 1.82) is 0 Å². The fourth-order valence-electron chi connectivity index (χ4n) is 15.3. The van der Waals surface area contributed by atoms with Crippen LogP contribution in [0.4, 0.5) is 45.5 Å². The summed E-state index contributed by atoms with van der Waals surface area (Å²) in [5.74, 6) is 0. The monoisotopic (exact) mass is 1110 g/mol. The van der Waals surface area contributed by atoms with Gasteiger partial charge in [0.25, 0.3) is 6.71 Å². The predicted molar refractivity (Wildman–Crippen MR) is 364 cm³/mol. The highest BCUT2D eigenvalue weighted by Gasteiger charge is 2.63. The maximum Gasteiger partial charge on any atom is 0.252 e. The van der Waals surface area contributed by atoms with Gasteiger partial charge in [0.1, 0.15) is 0 Å². The van der Waals surface area contributed by atoms with Crippen molar-refractivity contribution in [2.24, 2.45) is 0 Å². The molecule has 3 aliphatic heterocycles. The summed E-state index contributed by atoms with van der Waals surface area (Å²) in [5, 5.41) is 0. The van der Waals surface area contributed by atoms with Gasteiger partial charge >= 0.3 is 0 Å². The summed E-state index contributed by atoms with van der Waals surface area (Å²) in [6.45, 7) is 30.7. The molecule has 4 heteroatoms. The molecule has 10 aromatic carbocycles. The van der Waals surface area contributed by atoms with Gasteiger partial charge in [-0.1, -0.05) is 253 Å². The molecule has 0 amide bonds. The van der Waals surface area contributed by atoms with Gasteiger partial charge in [-0.3, -0.25) is 0 Å². The zero-order valence-electron chi connectivity index (χ0n) is 52.2. The molecular formula is C81H80BN3.